The molecule has 0 aromatic rings. The highest BCUT2D eigenvalue weighted by atomic mass is 32.7. The maximum Gasteiger partial charge on any atom is -0.00345 e. The van der Waals surface area contributed by atoms with Crippen LogP contribution < -0.4 is 0 Å². The van der Waals surface area contributed by atoms with Gasteiger partial charge < -0.3 is 0 Å². The van der Waals surface area contributed by atoms with Crippen molar-refractivity contribution in [1.82, 2.24) is 0 Å². The standard InChI is InChI=1S/C3H5PS/c5-4-2-1-3(2)4/h2-3,5H,1H2. The van der Waals surface area contributed by atoms with Gasteiger partial charge in [-0.15, -0.1) is 0 Å². The molecule has 0 amide bonds. The van der Waals surface area contributed by atoms with Crippen molar-refractivity contribution in [1.29, 1.82) is 0 Å². The van der Waals surface area contributed by atoms with Gasteiger partial charge in [-0.2, -0.15) is 12.2 Å². The van der Waals surface area contributed by atoms with Crippen LogP contribution in [-0.2, 0) is 0 Å². The van der Waals surface area contributed by atoms with Gasteiger partial charge in [-0.05, 0) is 24.9 Å². The first kappa shape index (κ1) is 2.87. The normalized spacial score (nSPS) is 70.2. The zero-order chi connectivity index (χ0) is 3.44. The van der Waals surface area contributed by atoms with Crippen LogP contribution in [0.3, 0.4) is 0 Å². The van der Waals surface area contributed by atoms with E-state index in [0.717, 1.165) is 11.3 Å². The van der Waals surface area contributed by atoms with Crippen molar-refractivity contribution in [3.8, 4) is 0 Å². The average molecular weight is 104 g/mol. The molecule has 2 aliphatic rings. The summed E-state index contributed by atoms with van der Waals surface area (Å²) in [6, 6.07) is 0. The molecule has 1 aliphatic heterocycles. The van der Waals surface area contributed by atoms with E-state index in [1.807, 2.05) is 0 Å². The Bertz CT molecular complexity index is 58.5. The van der Waals surface area contributed by atoms with Gasteiger partial charge >= 0.3 is 0 Å². The minimum Gasteiger partial charge on any atom is -0.151 e. The zero-order valence-electron chi connectivity index (χ0n) is 2.76. The zero-order valence-corrected chi connectivity index (χ0v) is 4.55. The molecule has 0 aromatic heterocycles. The van der Waals surface area contributed by atoms with Gasteiger partial charge in [0, 0.05) is 0 Å². The van der Waals surface area contributed by atoms with Crippen molar-refractivity contribution in [2.24, 2.45) is 0 Å². The van der Waals surface area contributed by atoms with Crippen LogP contribution in [0.1, 0.15) is 6.42 Å². The van der Waals surface area contributed by atoms with E-state index in [2.05, 4.69) is 12.2 Å². The molecular weight excluding hydrogens is 99.1 g/mol. The molecule has 0 radical (unpaired) electrons. The molecule has 0 nitrogen and oxygen atoms in total. The molecule has 2 fully saturated rings. The summed E-state index contributed by atoms with van der Waals surface area (Å²) < 4.78 is 0. The lowest BCUT2D eigenvalue weighted by atomic mass is 11.0. The van der Waals surface area contributed by atoms with Crippen LogP contribution in [0, 0.1) is 0 Å². The van der Waals surface area contributed by atoms with Crippen LogP contribution in [0.5, 0.6) is 0 Å². The van der Waals surface area contributed by atoms with Gasteiger partial charge in [0.25, 0.3) is 0 Å². The summed E-state index contributed by atoms with van der Waals surface area (Å²) in [7, 11) is 0.360. The van der Waals surface area contributed by atoms with E-state index in [4.69, 9.17) is 0 Å². The molecule has 2 unspecified atom stereocenters. The van der Waals surface area contributed by atoms with Gasteiger partial charge in [0.1, 0.15) is 0 Å². The summed E-state index contributed by atoms with van der Waals surface area (Å²) in [6.45, 7) is 0. The lowest BCUT2D eigenvalue weighted by molar-refractivity contribution is 1.45. The van der Waals surface area contributed by atoms with Crippen LogP contribution in [-0.4, -0.2) is 11.3 Å². The van der Waals surface area contributed by atoms with Gasteiger partial charge in [-0.25, -0.2) is 0 Å². The Balaban J connectivity index is 2.19. The Hall–Kier alpha value is 0.780. The summed E-state index contributed by atoms with van der Waals surface area (Å²) in [6.07, 6.45) is 1.52. The van der Waals surface area contributed by atoms with E-state index in [9.17, 15) is 0 Å². The first-order chi connectivity index (χ1) is 2.39. The van der Waals surface area contributed by atoms with Crippen LogP contribution in [0.4, 0.5) is 0 Å². The first-order valence-corrected chi connectivity index (χ1v) is 4.50. The molecule has 0 bridgehead atoms. The summed E-state index contributed by atoms with van der Waals surface area (Å²) in [5.74, 6) is 0. The molecule has 1 saturated carbocycles. The third-order valence-electron chi connectivity index (χ3n) is 1.31. The maximum absolute atomic E-state index is 4.29. The van der Waals surface area contributed by atoms with E-state index in [1.165, 1.54) is 6.42 Å². The van der Waals surface area contributed by atoms with Gasteiger partial charge in [0.2, 0.25) is 0 Å². The minimum absolute atomic E-state index is 0.360. The van der Waals surface area contributed by atoms with Crippen molar-refractivity contribution in [3.05, 3.63) is 0 Å². The molecule has 0 N–H and O–H groups in total. The molecule has 0 spiro atoms. The molecule has 1 heterocycles. The van der Waals surface area contributed by atoms with Crippen molar-refractivity contribution >= 4 is 19.4 Å². The highest BCUT2D eigenvalue weighted by Crippen LogP contribution is 2.85. The van der Waals surface area contributed by atoms with Crippen molar-refractivity contribution < 1.29 is 0 Å². The second-order valence-electron chi connectivity index (χ2n) is 1.75. The van der Waals surface area contributed by atoms with Crippen molar-refractivity contribution in [2.45, 2.75) is 17.7 Å². The van der Waals surface area contributed by atoms with Gasteiger partial charge in [0.15, 0.2) is 0 Å². The van der Waals surface area contributed by atoms with E-state index in [-0.39, 0.29) is 0 Å². The SMILES string of the molecule is SP1C2CC21. The van der Waals surface area contributed by atoms with E-state index in [0.29, 0.717) is 7.12 Å². The molecule has 0 aromatic carbocycles. The van der Waals surface area contributed by atoms with Crippen LogP contribution in [0.15, 0.2) is 0 Å². The van der Waals surface area contributed by atoms with E-state index >= 15 is 0 Å². The predicted molar refractivity (Wildman–Crippen MR) is 28.1 cm³/mol. The van der Waals surface area contributed by atoms with Gasteiger partial charge in [-0.1, -0.05) is 0 Å². The fraction of sp³-hybridized carbons (Fsp3) is 1.00. The third-order valence-corrected chi connectivity index (χ3v) is 5.25. The Kier molecular flexibility index (Phi) is 0.338. The Morgan fingerprint density at radius 2 is 2.00 bits per heavy atom. The fourth-order valence-electron chi connectivity index (χ4n) is 0.567. The summed E-state index contributed by atoms with van der Waals surface area (Å²) >= 11 is 4.29. The number of rotatable bonds is 0. The Morgan fingerprint density at radius 1 is 1.60 bits per heavy atom. The maximum atomic E-state index is 4.29. The second-order valence-corrected chi connectivity index (χ2v) is 5.22. The third kappa shape index (κ3) is 0.226. The van der Waals surface area contributed by atoms with Crippen LogP contribution in [0.2, 0.25) is 0 Å². The molecule has 5 heavy (non-hydrogen) atoms. The smallest absolute Gasteiger partial charge is 0.00345 e. The number of fused-ring (bicyclic) bond motifs is 1. The Morgan fingerprint density at radius 3 is 2.00 bits per heavy atom. The number of thiol groups is 1. The monoisotopic (exact) mass is 104 g/mol. The largest absolute Gasteiger partial charge is 0.151 e. The molecule has 1 saturated heterocycles. The van der Waals surface area contributed by atoms with E-state index in [1.54, 1.807) is 0 Å². The van der Waals surface area contributed by atoms with Crippen LogP contribution in [0.25, 0.3) is 0 Å². The fourth-order valence-corrected chi connectivity index (χ4v) is 3.55. The Labute approximate surface area is 37.9 Å². The molecular formula is C3H5PS. The van der Waals surface area contributed by atoms with Gasteiger partial charge in [0.05, 0.1) is 0 Å². The molecule has 2 atom stereocenters. The van der Waals surface area contributed by atoms with Crippen molar-refractivity contribution in [3.63, 3.8) is 0 Å². The average Bonchev–Trinajstić information content (AvgIpc) is 2.11. The number of hydrogen-bond acceptors (Lipinski definition) is 1. The first-order valence-electron chi connectivity index (χ1n) is 1.87. The van der Waals surface area contributed by atoms with Gasteiger partial charge in [-0.3, -0.25) is 0 Å². The molecule has 1 aliphatic carbocycles. The quantitative estimate of drug-likeness (QED) is 0.349. The molecule has 2 rings (SSSR count). The lowest BCUT2D eigenvalue weighted by Gasteiger charge is -1.82. The lowest BCUT2D eigenvalue weighted by Crippen LogP contribution is -1.49. The highest BCUT2D eigenvalue weighted by Gasteiger charge is 2.62. The van der Waals surface area contributed by atoms with E-state index < -0.39 is 0 Å². The second kappa shape index (κ2) is 0.588. The summed E-state index contributed by atoms with van der Waals surface area (Å²) in [5, 5.41) is 0. The van der Waals surface area contributed by atoms with Crippen molar-refractivity contribution in [2.75, 3.05) is 0 Å². The predicted octanol–water partition coefficient (Wildman–Crippen LogP) is 1.47. The summed E-state index contributed by atoms with van der Waals surface area (Å²) in [4.78, 5) is 0. The topological polar surface area (TPSA) is 0 Å². The number of hydrogen-bond donors (Lipinski definition) is 1. The molecule has 2 heteroatoms. The van der Waals surface area contributed by atoms with Crippen LogP contribution >= 0.6 is 19.4 Å². The molecule has 28 valence electrons. The summed E-state index contributed by atoms with van der Waals surface area (Å²) in [5.41, 5.74) is 2.29. The highest BCUT2D eigenvalue weighted by molar-refractivity contribution is 8.49. The minimum atomic E-state index is 0.360.